The minimum Gasteiger partial charge on any atom is -0.497 e. The number of nitrogens with one attached hydrogen (secondary N) is 4. The van der Waals surface area contributed by atoms with Crippen LogP contribution in [0.4, 0.5) is 16.4 Å². The number of imidazole rings is 1. The molecule has 13 heteroatoms. The van der Waals surface area contributed by atoms with E-state index in [0.717, 1.165) is 36.6 Å². The van der Waals surface area contributed by atoms with Gasteiger partial charge in [0.25, 0.3) is 0 Å². The number of nitrogens with zero attached hydrogens (tertiary/aromatic N) is 2. The lowest BCUT2D eigenvalue weighted by atomic mass is 10.2. The summed E-state index contributed by atoms with van der Waals surface area (Å²) in [4.78, 5) is 21.8. The van der Waals surface area contributed by atoms with Gasteiger partial charge in [-0.15, -0.1) is 0 Å². The number of ether oxygens (including phenoxy) is 2. The molecule has 4 aromatic rings. The summed E-state index contributed by atoms with van der Waals surface area (Å²) in [5, 5.41) is 8.73. The number of hydrogen-bond donors (Lipinski definition) is 4. The van der Waals surface area contributed by atoms with Crippen molar-refractivity contribution >= 4 is 38.8 Å². The minimum absolute atomic E-state index is 0.0216. The number of carbonyl (C=O) groups excluding carboxylic acids is 1. The summed E-state index contributed by atoms with van der Waals surface area (Å²) >= 11 is 0. The number of benzene rings is 3. The second-order valence-electron chi connectivity index (χ2n) is 9.36. The molecule has 0 atom stereocenters. The highest BCUT2D eigenvalue weighted by Crippen LogP contribution is 2.25. The van der Waals surface area contributed by atoms with Crippen LogP contribution in [0.25, 0.3) is 11.0 Å². The number of carbonyl (C=O) groups is 1. The third-order valence-corrected chi connectivity index (χ3v) is 7.77. The molecule has 1 fully saturated rings. The van der Waals surface area contributed by atoms with Crippen molar-refractivity contribution in [3.05, 3.63) is 72.3 Å². The van der Waals surface area contributed by atoms with Crippen LogP contribution in [0.1, 0.15) is 5.56 Å². The monoisotopic (exact) mass is 580 g/mol. The first-order valence-electron chi connectivity index (χ1n) is 13.1. The molecule has 1 aliphatic heterocycles. The maximum Gasteiger partial charge on any atom is 0.339 e. The Morgan fingerprint density at radius 2 is 1.76 bits per heavy atom. The number of fused-ring (bicyclic) bond motifs is 1. The van der Waals surface area contributed by atoms with E-state index in [1.165, 1.54) is 24.3 Å². The fraction of sp³-hybridized carbons (Fsp3) is 0.286. The second kappa shape index (κ2) is 12.9. The van der Waals surface area contributed by atoms with E-state index in [4.69, 9.17) is 13.7 Å². The lowest BCUT2D eigenvalue weighted by Crippen LogP contribution is -2.42. The van der Waals surface area contributed by atoms with Gasteiger partial charge in [-0.1, -0.05) is 12.1 Å². The lowest BCUT2D eigenvalue weighted by molar-refractivity contribution is 0.0388. The average molecular weight is 581 g/mol. The summed E-state index contributed by atoms with van der Waals surface area (Å²) in [6, 6.07) is 18.3. The van der Waals surface area contributed by atoms with Gasteiger partial charge in [0.15, 0.2) is 0 Å². The zero-order chi connectivity index (χ0) is 28.7. The van der Waals surface area contributed by atoms with E-state index >= 15 is 0 Å². The lowest BCUT2D eigenvalue weighted by Gasteiger charge is -2.26. The van der Waals surface area contributed by atoms with Crippen molar-refractivity contribution in [3.8, 4) is 11.5 Å². The maximum absolute atomic E-state index is 12.9. The van der Waals surface area contributed by atoms with Crippen LogP contribution in [-0.2, 0) is 21.4 Å². The zero-order valence-corrected chi connectivity index (χ0v) is 23.4. The summed E-state index contributed by atoms with van der Waals surface area (Å²) < 4.78 is 41.7. The zero-order valence-electron chi connectivity index (χ0n) is 22.6. The van der Waals surface area contributed by atoms with E-state index in [2.05, 4.69) is 30.8 Å². The molecule has 1 saturated heterocycles. The molecule has 0 bridgehead atoms. The highest BCUT2D eigenvalue weighted by molar-refractivity contribution is 7.87. The number of rotatable bonds is 11. The molecule has 1 aromatic heterocycles. The topological polar surface area (TPSA) is 147 Å². The third kappa shape index (κ3) is 7.66. The summed E-state index contributed by atoms with van der Waals surface area (Å²) in [6.45, 7) is 4.89. The number of urea groups is 1. The van der Waals surface area contributed by atoms with E-state index < -0.39 is 16.1 Å². The van der Waals surface area contributed by atoms with Crippen LogP contribution in [-0.4, -0.2) is 75.8 Å². The van der Waals surface area contributed by atoms with Crippen LogP contribution in [0.3, 0.4) is 0 Å². The molecule has 3 aromatic carbocycles. The van der Waals surface area contributed by atoms with Gasteiger partial charge in [-0.2, -0.15) is 8.42 Å². The molecule has 0 saturated carbocycles. The molecule has 12 nitrogen and oxygen atoms in total. The largest absolute Gasteiger partial charge is 0.497 e. The van der Waals surface area contributed by atoms with Crippen LogP contribution in [0, 0.1) is 0 Å². The summed E-state index contributed by atoms with van der Waals surface area (Å²) in [6.07, 6.45) is 0. The molecule has 0 unspecified atom stereocenters. The van der Waals surface area contributed by atoms with Gasteiger partial charge in [0.05, 0.1) is 31.4 Å². The maximum atomic E-state index is 12.9. The fourth-order valence-corrected chi connectivity index (χ4v) is 5.19. The molecule has 2 amide bonds. The van der Waals surface area contributed by atoms with Crippen molar-refractivity contribution in [1.29, 1.82) is 0 Å². The van der Waals surface area contributed by atoms with Crippen molar-refractivity contribution in [2.45, 2.75) is 11.4 Å². The summed E-state index contributed by atoms with van der Waals surface area (Å²) in [7, 11) is -2.45. The quantitative estimate of drug-likeness (QED) is 0.196. The van der Waals surface area contributed by atoms with Crippen LogP contribution < -0.4 is 24.9 Å². The smallest absolute Gasteiger partial charge is 0.339 e. The Kier molecular flexibility index (Phi) is 8.87. The first-order chi connectivity index (χ1) is 19.9. The van der Waals surface area contributed by atoms with Crippen LogP contribution in [0.5, 0.6) is 11.5 Å². The Bertz CT molecular complexity index is 1570. The average Bonchev–Trinajstić information content (AvgIpc) is 3.38. The highest BCUT2D eigenvalue weighted by atomic mass is 32.2. The molecule has 0 spiro atoms. The van der Waals surface area contributed by atoms with Crippen molar-refractivity contribution in [3.63, 3.8) is 0 Å². The molecule has 4 N–H and O–H groups in total. The van der Waals surface area contributed by atoms with Crippen LogP contribution >= 0.6 is 0 Å². The third-order valence-electron chi connectivity index (χ3n) is 6.51. The van der Waals surface area contributed by atoms with Gasteiger partial charge in [0, 0.05) is 44.5 Å². The van der Waals surface area contributed by atoms with Crippen LogP contribution in [0.2, 0.25) is 0 Å². The number of H-pyrrole nitrogens is 1. The van der Waals surface area contributed by atoms with E-state index in [1.54, 1.807) is 25.3 Å². The first kappa shape index (κ1) is 28.2. The van der Waals surface area contributed by atoms with Crippen molar-refractivity contribution in [1.82, 2.24) is 20.2 Å². The Morgan fingerprint density at radius 3 is 2.49 bits per heavy atom. The summed E-state index contributed by atoms with van der Waals surface area (Å²) in [5.74, 6) is 1.14. The van der Waals surface area contributed by atoms with Crippen LogP contribution in [0.15, 0.2) is 71.6 Å². The highest BCUT2D eigenvalue weighted by Gasteiger charge is 2.18. The van der Waals surface area contributed by atoms with E-state index in [0.29, 0.717) is 37.3 Å². The Morgan fingerprint density at radius 1 is 1.02 bits per heavy atom. The molecule has 216 valence electrons. The van der Waals surface area contributed by atoms with Gasteiger partial charge < -0.3 is 29.3 Å². The number of methoxy groups -OCH3 is 1. The Balaban J connectivity index is 1.14. The Hall–Kier alpha value is -4.33. The number of anilines is 2. The van der Waals surface area contributed by atoms with E-state index in [-0.39, 0.29) is 16.6 Å². The molecule has 2 heterocycles. The predicted molar refractivity (Wildman–Crippen MR) is 155 cm³/mol. The molecule has 0 aliphatic carbocycles. The minimum atomic E-state index is -4.07. The molecular formula is C28H32N6O6S. The second-order valence-corrected chi connectivity index (χ2v) is 10.9. The molecule has 41 heavy (non-hydrogen) atoms. The van der Waals surface area contributed by atoms with Gasteiger partial charge in [-0.3, -0.25) is 10.2 Å². The number of aromatic nitrogens is 2. The number of hydrogen-bond acceptors (Lipinski definition) is 9. The SMILES string of the molecule is COc1ccc(CNc2ccc(S(=O)(=O)Oc3ccc4nc(NC(=O)NCCN5CCOCC5)[nH]c4c3)cc2)cc1. The van der Waals surface area contributed by atoms with Crippen molar-refractivity contribution in [2.24, 2.45) is 0 Å². The van der Waals surface area contributed by atoms with E-state index in [1.807, 2.05) is 24.3 Å². The van der Waals surface area contributed by atoms with Gasteiger partial charge in [0.2, 0.25) is 5.95 Å². The molecule has 0 radical (unpaired) electrons. The standard InChI is InChI=1S/C28H32N6O6S/c1-38-22-6-2-20(3-7-22)19-30-21-4-9-24(10-5-21)41(36,37)40-23-8-11-25-26(18-23)32-27(31-25)33-28(35)29-12-13-34-14-16-39-17-15-34/h2-11,18,30H,12-17,19H2,1H3,(H3,29,31,32,33,35). The van der Waals surface area contributed by atoms with Crippen molar-refractivity contribution < 1.29 is 26.9 Å². The molecule has 1 aliphatic rings. The van der Waals surface area contributed by atoms with Gasteiger partial charge in [-0.05, 0) is 54.1 Å². The molecular weight excluding hydrogens is 548 g/mol. The normalized spacial score (nSPS) is 14.0. The first-order valence-corrected chi connectivity index (χ1v) is 14.5. The number of morpholine rings is 1. The van der Waals surface area contributed by atoms with Gasteiger partial charge in [-0.25, -0.2) is 9.78 Å². The van der Waals surface area contributed by atoms with E-state index in [9.17, 15) is 13.2 Å². The number of aromatic amines is 1. The van der Waals surface area contributed by atoms with Gasteiger partial charge in [0.1, 0.15) is 16.4 Å². The van der Waals surface area contributed by atoms with Gasteiger partial charge >= 0.3 is 16.1 Å². The predicted octanol–water partition coefficient (Wildman–Crippen LogP) is 3.41. The Labute approximate surface area is 238 Å². The van der Waals surface area contributed by atoms with Crippen molar-refractivity contribution in [2.75, 3.05) is 57.1 Å². The number of amides is 2. The molecule has 5 rings (SSSR count). The summed E-state index contributed by atoms with van der Waals surface area (Å²) in [5.41, 5.74) is 2.89. The fourth-order valence-electron chi connectivity index (χ4n) is 4.27.